The molecular weight excluding hydrogens is 429 g/mol. The number of aryl methyl sites for hydroxylation is 1. The summed E-state index contributed by atoms with van der Waals surface area (Å²) in [6.07, 6.45) is 1.70. The Morgan fingerprint density at radius 2 is 1.92 bits per heavy atom. The van der Waals surface area contributed by atoms with Gasteiger partial charge in [0.05, 0.1) is 0 Å². The highest BCUT2D eigenvalue weighted by Gasteiger charge is 2.09. The van der Waals surface area contributed by atoms with Gasteiger partial charge in [-0.05, 0) is 17.5 Å². The van der Waals surface area contributed by atoms with Crippen LogP contribution in [0.15, 0.2) is 33.8 Å². The van der Waals surface area contributed by atoms with Crippen molar-refractivity contribution in [3.8, 4) is 0 Å². The van der Waals surface area contributed by atoms with E-state index in [0.717, 1.165) is 24.7 Å². The van der Waals surface area contributed by atoms with Crippen molar-refractivity contribution in [3.63, 3.8) is 0 Å². The van der Waals surface area contributed by atoms with Crippen LogP contribution in [-0.2, 0) is 19.4 Å². The van der Waals surface area contributed by atoms with Crippen molar-refractivity contribution < 1.29 is 4.52 Å². The molecule has 2 N–H and O–H groups in total. The van der Waals surface area contributed by atoms with E-state index in [-0.39, 0.29) is 29.9 Å². The fraction of sp³-hybridized carbons (Fsp3) is 0.500. The van der Waals surface area contributed by atoms with E-state index in [9.17, 15) is 0 Å². The van der Waals surface area contributed by atoms with E-state index in [1.165, 1.54) is 11.1 Å². The smallest absolute Gasteiger partial charge is 0.228 e. The molecule has 0 aliphatic rings. The SMILES string of the molecule is CCc1ccccc1CNC(=NC)NCCc1nc(C(C)C)no1.I. The molecule has 0 fully saturated rings. The zero-order valence-corrected chi connectivity index (χ0v) is 17.7. The van der Waals surface area contributed by atoms with E-state index >= 15 is 0 Å². The highest BCUT2D eigenvalue weighted by Crippen LogP contribution is 2.10. The summed E-state index contributed by atoms with van der Waals surface area (Å²) >= 11 is 0. The normalized spacial score (nSPS) is 11.3. The first-order chi connectivity index (χ1) is 11.6. The molecule has 7 heteroatoms. The summed E-state index contributed by atoms with van der Waals surface area (Å²) in [5.41, 5.74) is 2.65. The van der Waals surface area contributed by atoms with E-state index in [2.05, 4.69) is 57.0 Å². The van der Waals surface area contributed by atoms with Crippen LogP contribution in [0, 0.1) is 0 Å². The molecule has 1 heterocycles. The van der Waals surface area contributed by atoms with Gasteiger partial charge in [0.1, 0.15) is 0 Å². The Hall–Kier alpha value is -1.64. The fourth-order valence-electron chi connectivity index (χ4n) is 2.37. The Bertz CT molecular complexity index is 669. The number of aliphatic imine (C=N–C) groups is 1. The van der Waals surface area contributed by atoms with Gasteiger partial charge in [-0.3, -0.25) is 4.99 Å². The average Bonchev–Trinajstić information content (AvgIpc) is 3.07. The Balaban J connectivity index is 0.00000312. The first kappa shape index (κ1) is 21.4. The van der Waals surface area contributed by atoms with Crippen molar-refractivity contribution in [3.05, 3.63) is 47.1 Å². The molecule has 0 aliphatic carbocycles. The largest absolute Gasteiger partial charge is 0.356 e. The second kappa shape index (κ2) is 11.1. The third-order valence-electron chi connectivity index (χ3n) is 3.80. The van der Waals surface area contributed by atoms with Gasteiger partial charge in [-0.15, -0.1) is 24.0 Å². The Morgan fingerprint density at radius 3 is 2.52 bits per heavy atom. The lowest BCUT2D eigenvalue weighted by molar-refractivity contribution is 0.371. The zero-order chi connectivity index (χ0) is 17.4. The molecule has 2 aromatic rings. The van der Waals surface area contributed by atoms with Crippen molar-refractivity contribution in [1.82, 2.24) is 20.8 Å². The van der Waals surface area contributed by atoms with Crippen molar-refractivity contribution in [2.45, 2.75) is 46.1 Å². The summed E-state index contributed by atoms with van der Waals surface area (Å²) in [5, 5.41) is 10.6. The second-order valence-corrected chi connectivity index (χ2v) is 5.93. The highest BCUT2D eigenvalue weighted by atomic mass is 127. The lowest BCUT2D eigenvalue weighted by Gasteiger charge is -2.13. The molecule has 2 rings (SSSR count). The Kier molecular flexibility index (Phi) is 9.48. The Labute approximate surface area is 166 Å². The van der Waals surface area contributed by atoms with Crippen LogP contribution < -0.4 is 10.6 Å². The van der Waals surface area contributed by atoms with Crippen LogP contribution in [0.3, 0.4) is 0 Å². The van der Waals surface area contributed by atoms with E-state index in [1.807, 2.05) is 13.8 Å². The third kappa shape index (κ3) is 6.64. The molecule has 0 aliphatic heterocycles. The van der Waals surface area contributed by atoms with Crippen LogP contribution in [0.1, 0.15) is 49.5 Å². The van der Waals surface area contributed by atoms with Gasteiger partial charge in [0, 0.05) is 32.5 Å². The molecule has 0 bridgehead atoms. The maximum absolute atomic E-state index is 5.24. The predicted molar refractivity (Wildman–Crippen MR) is 112 cm³/mol. The second-order valence-electron chi connectivity index (χ2n) is 5.93. The molecule has 138 valence electrons. The average molecular weight is 457 g/mol. The Morgan fingerprint density at radius 1 is 1.20 bits per heavy atom. The van der Waals surface area contributed by atoms with Crippen LogP contribution in [-0.4, -0.2) is 29.7 Å². The summed E-state index contributed by atoms with van der Waals surface area (Å²) in [7, 11) is 1.77. The number of nitrogens with zero attached hydrogens (tertiary/aromatic N) is 3. The number of rotatable bonds is 7. The summed E-state index contributed by atoms with van der Waals surface area (Å²) in [5.74, 6) is 2.45. The number of guanidine groups is 1. The number of aromatic nitrogens is 2. The van der Waals surface area contributed by atoms with E-state index in [0.29, 0.717) is 18.9 Å². The van der Waals surface area contributed by atoms with Crippen LogP contribution >= 0.6 is 24.0 Å². The highest BCUT2D eigenvalue weighted by molar-refractivity contribution is 14.0. The lowest BCUT2D eigenvalue weighted by Crippen LogP contribution is -2.38. The number of hydrogen-bond acceptors (Lipinski definition) is 4. The van der Waals surface area contributed by atoms with Gasteiger partial charge < -0.3 is 15.2 Å². The monoisotopic (exact) mass is 457 g/mol. The minimum Gasteiger partial charge on any atom is -0.356 e. The van der Waals surface area contributed by atoms with Crippen LogP contribution in [0.25, 0.3) is 0 Å². The molecule has 25 heavy (non-hydrogen) atoms. The molecule has 1 aromatic heterocycles. The van der Waals surface area contributed by atoms with E-state index in [1.54, 1.807) is 7.05 Å². The zero-order valence-electron chi connectivity index (χ0n) is 15.4. The van der Waals surface area contributed by atoms with Gasteiger partial charge in [0.2, 0.25) is 5.89 Å². The molecular formula is C18H28IN5O. The topological polar surface area (TPSA) is 75.3 Å². The van der Waals surface area contributed by atoms with Gasteiger partial charge in [0.15, 0.2) is 11.8 Å². The number of hydrogen-bond donors (Lipinski definition) is 2. The number of nitrogens with one attached hydrogen (secondary N) is 2. The van der Waals surface area contributed by atoms with E-state index < -0.39 is 0 Å². The molecule has 0 atom stereocenters. The van der Waals surface area contributed by atoms with Crippen molar-refractivity contribution >= 4 is 29.9 Å². The number of halogens is 1. The van der Waals surface area contributed by atoms with Crippen molar-refractivity contribution in [1.29, 1.82) is 0 Å². The maximum atomic E-state index is 5.24. The number of benzene rings is 1. The van der Waals surface area contributed by atoms with Gasteiger partial charge in [-0.25, -0.2) is 0 Å². The van der Waals surface area contributed by atoms with Crippen molar-refractivity contribution in [2.24, 2.45) is 4.99 Å². The van der Waals surface area contributed by atoms with Crippen LogP contribution in [0.4, 0.5) is 0 Å². The molecule has 0 radical (unpaired) electrons. The predicted octanol–water partition coefficient (Wildman–Crippen LogP) is 3.28. The molecule has 0 spiro atoms. The molecule has 6 nitrogen and oxygen atoms in total. The lowest BCUT2D eigenvalue weighted by atomic mass is 10.1. The standard InChI is InChI=1S/C18H27N5O.HI/c1-5-14-8-6-7-9-15(14)12-21-18(19-4)20-11-10-16-22-17(13(2)3)23-24-16;/h6-9,13H,5,10-12H2,1-4H3,(H2,19,20,21);1H. The van der Waals surface area contributed by atoms with Crippen LogP contribution in [0.5, 0.6) is 0 Å². The minimum atomic E-state index is 0. The summed E-state index contributed by atoms with van der Waals surface area (Å²) in [6, 6.07) is 8.44. The van der Waals surface area contributed by atoms with Gasteiger partial charge >= 0.3 is 0 Å². The quantitative estimate of drug-likeness (QED) is 0.379. The summed E-state index contributed by atoms with van der Waals surface area (Å²) < 4.78 is 5.24. The van der Waals surface area contributed by atoms with Crippen molar-refractivity contribution in [2.75, 3.05) is 13.6 Å². The molecule has 1 aromatic carbocycles. The van der Waals surface area contributed by atoms with Gasteiger partial charge in [0.25, 0.3) is 0 Å². The molecule has 0 saturated carbocycles. The molecule has 0 unspecified atom stereocenters. The molecule has 0 amide bonds. The fourth-order valence-corrected chi connectivity index (χ4v) is 2.37. The minimum absolute atomic E-state index is 0. The third-order valence-corrected chi connectivity index (χ3v) is 3.80. The molecule has 0 saturated heterocycles. The van der Waals surface area contributed by atoms with Gasteiger partial charge in [-0.2, -0.15) is 4.98 Å². The first-order valence-corrected chi connectivity index (χ1v) is 8.47. The first-order valence-electron chi connectivity index (χ1n) is 8.47. The van der Waals surface area contributed by atoms with Crippen LogP contribution in [0.2, 0.25) is 0 Å². The maximum Gasteiger partial charge on any atom is 0.228 e. The summed E-state index contributed by atoms with van der Waals surface area (Å²) in [4.78, 5) is 8.62. The summed E-state index contributed by atoms with van der Waals surface area (Å²) in [6.45, 7) is 7.71. The van der Waals surface area contributed by atoms with Gasteiger partial charge in [-0.1, -0.05) is 50.2 Å². The van der Waals surface area contributed by atoms with E-state index in [4.69, 9.17) is 4.52 Å².